The van der Waals surface area contributed by atoms with Gasteiger partial charge in [0, 0.05) is 12.5 Å². The molecule has 0 fully saturated rings. The van der Waals surface area contributed by atoms with Crippen molar-refractivity contribution in [2.45, 2.75) is 40.3 Å². The number of ketones is 1. The molecule has 1 aromatic carbocycles. The molecule has 5 nitrogen and oxygen atoms in total. The van der Waals surface area contributed by atoms with Crippen molar-refractivity contribution < 1.29 is 19.4 Å². The van der Waals surface area contributed by atoms with Crippen LogP contribution in [-0.4, -0.2) is 24.0 Å². The molecule has 22 heavy (non-hydrogen) atoms. The predicted octanol–water partition coefficient (Wildman–Crippen LogP) is 2.61. The molecule has 1 atom stereocenters. The zero-order chi connectivity index (χ0) is 17.0. The number of Topliss-reactive ketones (excluding diaryl/α,β-unsaturated/α-hetero) is 1. The van der Waals surface area contributed by atoms with Crippen molar-refractivity contribution in [3.05, 3.63) is 35.4 Å². The molecular formula is C17H27NO4. The van der Waals surface area contributed by atoms with Crippen LogP contribution in [0.3, 0.4) is 0 Å². The van der Waals surface area contributed by atoms with Crippen LogP contribution in [0.2, 0.25) is 0 Å². The number of carbonyl (C=O) groups is 2. The van der Waals surface area contributed by atoms with Gasteiger partial charge in [-0.2, -0.15) is 0 Å². The second-order valence-electron chi connectivity index (χ2n) is 5.62. The molecule has 0 saturated heterocycles. The lowest BCUT2D eigenvalue weighted by molar-refractivity contribution is -0.128. The maximum atomic E-state index is 11.8. The molecule has 0 saturated carbocycles. The van der Waals surface area contributed by atoms with Crippen LogP contribution < -0.4 is 5.73 Å². The third kappa shape index (κ3) is 9.26. The van der Waals surface area contributed by atoms with Crippen molar-refractivity contribution >= 4 is 12.3 Å². The molecule has 124 valence electrons. The van der Waals surface area contributed by atoms with E-state index in [2.05, 4.69) is 13.8 Å². The Hall–Kier alpha value is -1.72. The SMILES string of the molecule is CC(C)C[C@@H](C)C(=O)COCc1ccc(CN)cc1.O=CO. The van der Waals surface area contributed by atoms with Crippen LogP contribution in [0.25, 0.3) is 0 Å². The zero-order valence-corrected chi connectivity index (χ0v) is 13.6. The van der Waals surface area contributed by atoms with E-state index in [1.54, 1.807) is 0 Å². The molecule has 0 amide bonds. The summed E-state index contributed by atoms with van der Waals surface area (Å²) in [7, 11) is 0. The third-order valence-electron chi connectivity index (χ3n) is 3.15. The van der Waals surface area contributed by atoms with Gasteiger partial charge < -0.3 is 15.6 Å². The average molecular weight is 309 g/mol. The van der Waals surface area contributed by atoms with Crippen molar-refractivity contribution in [1.82, 2.24) is 0 Å². The maximum absolute atomic E-state index is 11.8. The normalized spacial score (nSPS) is 11.5. The highest BCUT2D eigenvalue weighted by Gasteiger charge is 2.14. The summed E-state index contributed by atoms with van der Waals surface area (Å²) in [5, 5.41) is 6.89. The third-order valence-corrected chi connectivity index (χ3v) is 3.15. The predicted molar refractivity (Wildman–Crippen MR) is 86.3 cm³/mol. The van der Waals surface area contributed by atoms with E-state index >= 15 is 0 Å². The van der Waals surface area contributed by atoms with E-state index in [1.807, 2.05) is 31.2 Å². The van der Waals surface area contributed by atoms with Gasteiger partial charge in [0.15, 0.2) is 5.78 Å². The number of nitrogens with two attached hydrogens (primary N) is 1. The first-order chi connectivity index (χ1) is 10.4. The van der Waals surface area contributed by atoms with Crippen molar-refractivity contribution in [1.29, 1.82) is 0 Å². The maximum Gasteiger partial charge on any atom is 0.290 e. The van der Waals surface area contributed by atoms with Gasteiger partial charge in [-0.3, -0.25) is 9.59 Å². The highest BCUT2D eigenvalue weighted by Crippen LogP contribution is 2.12. The Kier molecular flexibility index (Phi) is 11.0. The van der Waals surface area contributed by atoms with Gasteiger partial charge in [-0.15, -0.1) is 0 Å². The Labute approximate surface area is 132 Å². The van der Waals surface area contributed by atoms with Gasteiger partial charge in [-0.1, -0.05) is 45.0 Å². The van der Waals surface area contributed by atoms with Crippen molar-refractivity contribution in [3.63, 3.8) is 0 Å². The van der Waals surface area contributed by atoms with E-state index in [-0.39, 0.29) is 24.8 Å². The zero-order valence-electron chi connectivity index (χ0n) is 13.6. The molecular weight excluding hydrogens is 282 g/mol. The summed E-state index contributed by atoms with van der Waals surface area (Å²) in [4.78, 5) is 20.2. The summed E-state index contributed by atoms with van der Waals surface area (Å²) in [6, 6.07) is 7.96. The molecule has 5 heteroatoms. The van der Waals surface area contributed by atoms with Gasteiger partial charge in [-0.25, -0.2) is 0 Å². The van der Waals surface area contributed by atoms with E-state index in [0.29, 0.717) is 19.1 Å². The Bertz CT molecular complexity index is 429. The molecule has 1 rings (SSSR count). The van der Waals surface area contributed by atoms with Crippen LogP contribution in [0.4, 0.5) is 0 Å². The Balaban J connectivity index is 0.00000135. The largest absolute Gasteiger partial charge is 0.483 e. The number of benzene rings is 1. The van der Waals surface area contributed by atoms with Crippen LogP contribution in [0.5, 0.6) is 0 Å². The minimum Gasteiger partial charge on any atom is -0.483 e. The highest BCUT2D eigenvalue weighted by molar-refractivity contribution is 5.81. The van der Waals surface area contributed by atoms with Crippen molar-refractivity contribution in [2.24, 2.45) is 17.6 Å². The molecule has 0 aliphatic rings. The lowest BCUT2D eigenvalue weighted by atomic mass is 9.95. The lowest BCUT2D eigenvalue weighted by Crippen LogP contribution is -2.18. The van der Waals surface area contributed by atoms with Gasteiger partial charge >= 0.3 is 0 Å². The van der Waals surface area contributed by atoms with Gasteiger partial charge in [0.2, 0.25) is 0 Å². The minimum atomic E-state index is -0.250. The van der Waals surface area contributed by atoms with Crippen LogP contribution in [0.15, 0.2) is 24.3 Å². The Morgan fingerprint density at radius 3 is 2.18 bits per heavy atom. The molecule has 0 bridgehead atoms. The quantitative estimate of drug-likeness (QED) is 0.720. The summed E-state index contributed by atoms with van der Waals surface area (Å²) >= 11 is 0. The minimum absolute atomic E-state index is 0.0830. The average Bonchev–Trinajstić information content (AvgIpc) is 2.48. The molecule has 0 aliphatic carbocycles. The first-order valence-corrected chi connectivity index (χ1v) is 7.40. The fraction of sp³-hybridized carbons (Fsp3) is 0.529. The van der Waals surface area contributed by atoms with Gasteiger partial charge in [0.1, 0.15) is 6.61 Å². The smallest absolute Gasteiger partial charge is 0.290 e. The topological polar surface area (TPSA) is 89.6 Å². The highest BCUT2D eigenvalue weighted by atomic mass is 16.5. The summed E-state index contributed by atoms with van der Waals surface area (Å²) in [6.07, 6.45) is 0.924. The molecule has 0 unspecified atom stereocenters. The summed E-state index contributed by atoms with van der Waals surface area (Å²) in [5.41, 5.74) is 7.71. The van der Waals surface area contributed by atoms with E-state index < -0.39 is 0 Å². The van der Waals surface area contributed by atoms with E-state index in [4.69, 9.17) is 20.4 Å². The number of hydrogen-bond acceptors (Lipinski definition) is 4. The van der Waals surface area contributed by atoms with Crippen LogP contribution in [-0.2, 0) is 27.5 Å². The number of ether oxygens (including phenoxy) is 1. The van der Waals surface area contributed by atoms with E-state index in [0.717, 1.165) is 17.5 Å². The summed E-state index contributed by atoms with van der Waals surface area (Å²) in [5.74, 6) is 0.814. The van der Waals surface area contributed by atoms with E-state index in [9.17, 15) is 4.79 Å². The lowest BCUT2D eigenvalue weighted by Gasteiger charge is -2.13. The number of carbonyl (C=O) groups excluding carboxylic acids is 1. The summed E-state index contributed by atoms with van der Waals surface area (Å²) < 4.78 is 5.48. The molecule has 1 aromatic rings. The molecule has 0 aromatic heterocycles. The summed E-state index contributed by atoms with van der Waals surface area (Å²) in [6.45, 7) is 7.21. The molecule has 0 spiro atoms. The Morgan fingerprint density at radius 2 is 1.73 bits per heavy atom. The fourth-order valence-electron chi connectivity index (χ4n) is 2.02. The van der Waals surface area contributed by atoms with Crippen molar-refractivity contribution in [2.75, 3.05) is 6.61 Å². The number of rotatable bonds is 8. The standard InChI is InChI=1S/C16H25NO2.CH2O2/c1-12(2)8-13(3)16(18)11-19-10-15-6-4-14(9-17)5-7-15;2-1-3/h4-7,12-13H,8-11,17H2,1-3H3;1H,(H,2,3)/t13-;/m1./s1. The molecule has 0 aliphatic heterocycles. The van der Waals surface area contributed by atoms with Crippen LogP contribution in [0, 0.1) is 11.8 Å². The van der Waals surface area contributed by atoms with Crippen LogP contribution in [0.1, 0.15) is 38.3 Å². The van der Waals surface area contributed by atoms with Gasteiger partial charge in [0.25, 0.3) is 6.47 Å². The molecule has 3 N–H and O–H groups in total. The second-order valence-corrected chi connectivity index (χ2v) is 5.62. The first-order valence-electron chi connectivity index (χ1n) is 7.40. The molecule has 0 heterocycles. The Morgan fingerprint density at radius 1 is 1.23 bits per heavy atom. The van der Waals surface area contributed by atoms with Gasteiger partial charge in [0.05, 0.1) is 6.61 Å². The second kappa shape index (κ2) is 11.9. The first kappa shape index (κ1) is 20.3. The van der Waals surface area contributed by atoms with Crippen LogP contribution >= 0.6 is 0 Å². The fourth-order valence-corrected chi connectivity index (χ4v) is 2.02. The molecule has 0 radical (unpaired) electrons. The van der Waals surface area contributed by atoms with E-state index in [1.165, 1.54) is 0 Å². The number of carboxylic acid groups (broad SMARTS) is 1. The van der Waals surface area contributed by atoms with Gasteiger partial charge in [-0.05, 0) is 23.5 Å². The number of hydrogen-bond donors (Lipinski definition) is 2. The van der Waals surface area contributed by atoms with Crippen molar-refractivity contribution in [3.8, 4) is 0 Å². The monoisotopic (exact) mass is 309 g/mol.